The van der Waals surface area contributed by atoms with Crippen molar-refractivity contribution in [2.24, 2.45) is 0 Å². The average Bonchev–Trinajstić information content (AvgIpc) is 3.48. The highest BCUT2D eigenvalue weighted by molar-refractivity contribution is 7.92. The van der Waals surface area contributed by atoms with Gasteiger partial charge in [0.2, 0.25) is 21.8 Å². The van der Waals surface area contributed by atoms with Crippen molar-refractivity contribution in [2.45, 2.75) is 84.3 Å². The van der Waals surface area contributed by atoms with Gasteiger partial charge in [0.25, 0.3) is 0 Å². The van der Waals surface area contributed by atoms with Gasteiger partial charge in [-0.15, -0.1) is 0 Å². The van der Waals surface area contributed by atoms with E-state index in [0.717, 1.165) is 53.5 Å². The van der Waals surface area contributed by atoms with Crippen LogP contribution in [0, 0.1) is 20.8 Å². The summed E-state index contributed by atoms with van der Waals surface area (Å²) in [5.74, 6) is -0.301. The number of rotatable bonds is 13. The molecule has 0 saturated heterocycles. The Morgan fingerprint density at radius 3 is 2.21 bits per heavy atom. The molecule has 0 unspecified atom stereocenters. The molecule has 0 heterocycles. The number of nitrogens with one attached hydrogen (secondary N) is 1. The van der Waals surface area contributed by atoms with Gasteiger partial charge in [0.1, 0.15) is 6.04 Å². The van der Waals surface area contributed by atoms with Crippen LogP contribution in [0.25, 0.3) is 0 Å². The van der Waals surface area contributed by atoms with Crippen molar-refractivity contribution in [1.29, 1.82) is 0 Å². The highest BCUT2D eigenvalue weighted by atomic mass is 32.2. The van der Waals surface area contributed by atoms with E-state index in [1.165, 1.54) is 10.6 Å². The Morgan fingerprint density at radius 2 is 1.56 bits per heavy atom. The molecule has 7 nitrogen and oxygen atoms in total. The molecule has 0 bridgehead atoms. The van der Waals surface area contributed by atoms with Gasteiger partial charge >= 0.3 is 0 Å². The zero-order valence-electron chi connectivity index (χ0n) is 25.9. The maximum Gasteiger partial charge on any atom is 0.243 e. The lowest BCUT2D eigenvalue weighted by Gasteiger charge is -2.33. The summed E-state index contributed by atoms with van der Waals surface area (Å²) in [5, 5.41) is 3.24. The number of sulfonamides is 1. The molecule has 0 aromatic heterocycles. The standard InChI is InChI=1S/C35H45N3O4S/c1-26-20-21-32(23-28(26)3)38(43(4,41)42)22-12-19-34(39)37(25-30-16-9-8-13-27(30)2)33(24-29-14-6-5-7-15-29)35(40)36-31-17-10-11-18-31/h5-9,13-16,20-21,23,31,33H,10-12,17-19,22,24-25H2,1-4H3,(H,36,40)/t33-/m0/s1. The first-order valence-electron chi connectivity index (χ1n) is 15.3. The summed E-state index contributed by atoms with van der Waals surface area (Å²) in [7, 11) is -3.56. The van der Waals surface area contributed by atoms with Gasteiger partial charge in [0, 0.05) is 32.0 Å². The molecule has 2 amide bonds. The molecule has 1 saturated carbocycles. The van der Waals surface area contributed by atoms with E-state index in [9.17, 15) is 18.0 Å². The van der Waals surface area contributed by atoms with Crippen molar-refractivity contribution >= 4 is 27.5 Å². The lowest BCUT2D eigenvalue weighted by atomic mass is 10.0. The van der Waals surface area contributed by atoms with Crippen LogP contribution < -0.4 is 9.62 Å². The van der Waals surface area contributed by atoms with Crippen LogP contribution in [0.4, 0.5) is 5.69 Å². The number of benzene rings is 3. The molecule has 1 atom stereocenters. The first-order chi connectivity index (χ1) is 20.5. The fourth-order valence-corrected chi connectivity index (χ4v) is 6.73. The highest BCUT2D eigenvalue weighted by Crippen LogP contribution is 2.24. The molecular weight excluding hydrogens is 558 g/mol. The van der Waals surface area contributed by atoms with Gasteiger partial charge in [-0.1, -0.05) is 73.5 Å². The van der Waals surface area contributed by atoms with Crippen LogP contribution in [0.5, 0.6) is 0 Å². The Labute approximate surface area is 257 Å². The molecule has 0 spiro atoms. The van der Waals surface area contributed by atoms with Crippen molar-refractivity contribution in [2.75, 3.05) is 17.1 Å². The van der Waals surface area contributed by atoms with E-state index < -0.39 is 16.1 Å². The smallest absolute Gasteiger partial charge is 0.243 e. The van der Waals surface area contributed by atoms with Crippen LogP contribution in [0.3, 0.4) is 0 Å². The van der Waals surface area contributed by atoms with Crippen LogP contribution in [0.15, 0.2) is 72.8 Å². The van der Waals surface area contributed by atoms with E-state index in [1.807, 2.05) is 87.5 Å². The zero-order chi connectivity index (χ0) is 31.0. The first kappa shape index (κ1) is 32.3. The van der Waals surface area contributed by atoms with Crippen molar-refractivity contribution in [3.63, 3.8) is 0 Å². The number of nitrogens with zero attached hydrogens (tertiary/aromatic N) is 2. The molecule has 0 radical (unpaired) electrons. The summed E-state index contributed by atoms with van der Waals surface area (Å²) in [6, 6.07) is 22.7. The van der Waals surface area contributed by atoms with Crippen molar-refractivity contribution in [3.8, 4) is 0 Å². The Balaban J connectivity index is 1.59. The van der Waals surface area contributed by atoms with Crippen LogP contribution in [-0.4, -0.2) is 50.0 Å². The summed E-state index contributed by atoms with van der Waals surface area (Å²) in [4.78, 5) is 29.7. The molecule has 1 fully saturated rings. The molecule has 1 N–H and O–H groups in total. The number of anilines is 1. The normalized spacial score (nSPS) is 14.3. The number of aryl methyl sites for hydroxylation is 3. The molecule has 1 aliphatic rings. The second kappa shape index (κ2) is 14.7. The third-order valence-corrected chi connectivity index (χ3v) is 9.70. The molecule has 3 aromatic carbocycles. The van der Waals surface area contributed by atoms with E-state index in [4.69, 9.17) is 0 Å². The Morgan fingerprint density at radius 1 is 0.884 bits per heavy atom. The van der Waals surface area contributed by atoms with E-state index in [0.29, 0.717) is 25.1 Å². The number of carbonyl (C=O) groups is 2. The Kier molecular flexibility index (Phi) is 11.0. The Bertz CT molecular complexity index is 1500. The number of amides is 2. The molecule has 3 aromatic rings. The predicted molar refractivity (Wildman–Crippen MR) is 173 cm³/mol. The molecule has 1 aliphatic carbocycles. The molecule has 0 aliphatic heterocycles. The number of hydrogen-bond acceptors (Lipinski definition) is 4. The van der Waals surface area contributed by atoms with Crippen molar-refractivity contribution in [3.05, 3.63) is 101 Å². The lowest BCUT2D eigenvalue weighted by Crippen LogP contribution is -2.52. The van der Waals surface area contributed by atoms with E-state index in [1.54, 1.807) is 11.0 Å². The summed E-state index contributed by atoms with van der Waals surface area (Å²) in [6.07, 6.45) is 6.13. The van der Waals surface area contributed by atoms with Gasteiger partial charge in [-0.3, -0.25) is 13.9 Å². The number of carbonyl (C=O) groups excluding carboxylic acids is 2. The van der Waals surface area contributed by atoms with E-state index in [-0.39, 0.29) is 30.8 Å². The summed E-state index contributed by atoms with van der Waals surface area (Å²) in [5.41, 5.74) is 5.69. The minimum atomic E-state index is -3.56. The van der Waals surface area contributed by atoms with Gasteiger partial charge in [-0.05, 0) is 80.0 Å². The van der Waals surface area contributed by atoms with Gasteiger partial charge in [0.05, 0.1) is 11.9 Å². The van der Waals surface area contributed by atoms with Gasteiger partial charge < -0.3 is 10.2 Å². The fourth-order valence-electron chi connectivity index (χ4n) is 5.78. The van der Waals surface area contributed by atoms with E-state index in [2.05, 4.69) is 5.32 Å². The van der Waals surface area contributed by atoms with Gasteiger partial charge in [-0.2, -0.15) is 0 Å². The largest absolute Gasteiger partial charge is 0.352 e. The minimum absolute atomic E-state index is 0.116. The molecule has 4 rings (SSSR count). The Hall–Kier alpha value is -3.65. The van der Waals surface area contributed by atoms with Crippen LogP contribution in [0.2, 0.25) is 0 Å². The second-order valence-corrected chi connectivity index (χ2v) is 13.8. The number of hydrogen-bond donors (Lipinski definition) is 1. The van der Waals surface area contributed by atoms with Gasteiger partial charge in [-0.25, -0.2) is 8.42 Å². The third-order valence-electron chi connectivity index (χ3n) is 8.51. The second-order valence-electron chi connectivity index (χ2n) is 11.9. The monoisotopic (exact) mass is 603 g/mol. The van der Waals surface area contributed by atoms with Crippen molar-refractivity contribution < 1.29 is 18.0 Å². The SMILES string of the molecule is Cc1ccc(N(CCCC(=O)N(Cc2ccccc2C)[C@@H](Cc2ccccc2)C(=O)NC2CCCC2)S(C)(=O)=O)cc1C. The van der Waals surface area contributed by atoms with Crippen LogP contribution >= 0.6 is 0 Å². The molecule has 8 heteroatoms. The van der Waals surface area contributed by atoms with Crippen LogP contribution in [-0.2, 0) is 32.6 Å². The maximum atomic E-state index is 14.1. The first-order valence-corrected chi connectivity index (χ1v) is 17.1. The predicted octanol–water partition coefficient (Wildman–Crippen LogP) is 5.86. The minimum Gasteiger partial charge on any atom is -0.352 e. The van der Waals surface area contributed by atoms with Gasteiger partial charge in [0.15, 0.2) is 0 Å². The van der Waals surface area contributed by atoms with Crippen LogP contribution in [0.1, 0.15) is 66.3 Å². The average molecular weight is 604 g/mol. The summed E-state index contributed by atoms with van der Waals surface area (Å²) in [6.45, 7) is 6.42. The highest BCUT2D eigenvalue weighted by Gasteiger charge is 2.32. The van der Waals surface area contributed by atoms with E-state index >= 15 is 0 Å². The molecule has 230 valence electrons. The molecular formula is C35H45N3O4S. The zero-order valence-corrected chi connectivity index (χ0v) is 26.7. The quantitative estimate of drug-likeness (QED) is 0.265. The topological polar surface area (TPSA) is 86.8 Å². The third kappa shape index (κ3) is 8.92. The molecule has 43 heavy (non-hydrogen) atoms. The fraction of sp³-hybridized carbons (Fsp3) is 0.429. The summed E-state index contributed by atoms with van der Waals surface area (Å²) >= 11 is 0. The maximum absolute atomic E-state index is 14.1. The lowest BCUT2D eigenvalue weighted by molar-refractivity contribution is -0.141. The van der Waals surface area contributed by atoms with Crippen molar-refractivity contribution in [1.82, 2.24) is 10.2 Å². The summed E-state index contributed by atoms with van der Waals surface area (Å²) < 4.78 is 26.9.